The minimum Gasteiger partial charge on any atom is -0.444 e. The first-order chi connectivity index (χ1) is 25.0. The molecule has 12 nitrogen and oxygen atoms in total. The Bertz CT molecular complexity index is 1730. The van der Waals surface area contributed by atoms with Crippen molar-refractivity contribution in [2.24, 2.45) is 0 Å². The molecular weight excluding hydrogens is 699 g/mol. The second-order valence-corrected chi connectivity index (χ2v) is 14.5. The van der Waals surface area contributed by atoms with Gasteiger partial charge >= 0.3 is 12.1 Å². The highest BCUT2D eigenvalue weighted by atomic mass is 32.1. The van der Waals surface area contributed by atoms with Crippen LogP contribution in [0.3, 0.4) is 0 Å². The summed E-state index contributed by atoms with van der Waals surface area (Å²) in [4.78, 5) is 62.7. The van der Waals surface area contributed by atoms with Crippen LogP contribution < -0.4 is 21.3 Å². The minimum absolute atomic E-state index is 0.106. The first kappa shape index (κ1) is 39.7. The van der Waals surface area contributed by atoms with Gasteiger partial charge in [-0.2, -0.15) is 0 Å². The van der Waals surface area contributed by atoms with E-state index in [9.17, 15) is 19.2 Å². The predicted molar refractivity (Wildman–Crippen MR) is 204 cm³/mol. The quantitative estimate of drug-likeness (QED) is 0.0970. The summed E-state index contributed by atoms with van der Waals surface area (Å²) >= 11 is 2.95. The van der Waals surface area contributed by atoms with Crippen LogP contribution in [0.25, 0.3) is 0 Å². The molecule has 2 aromatic carbocycles. The van der Waals surface area contributed by atoms with Crippen molar-refractivity contribution in [1.29, 1.82) is 0 Å². The maximum absolute atomic E-state index is 13.9. The molecule has 0 saturated heterocycles. The zero-order valence-corrected chi connectivity index (χ0v) is 31.5. The number of urea groups is 1. The van der Waals surface area contributed by atoms with Crippen LogP contribution >= 0.6 is 22.7 Å². The summed E-state index contributed by atoms with van der Waals surface area (Å²) < 4.78 is 5.45. The summed E-state index contributed by atoms with van der Waals surface area (Å²) in [5.41, 5.74) is 4.44. The van der Waals surface area contributed by atoms with E-state index in [1.807, 2.05) is 78.2 Å². The van der Waals surface area contributed by atoms with Gasteiger partial charge in [-0.25, -0.2) is 14.6 Å². The average Bonchev–Trinajstić information content (AvgIpc) is 3.83. The Morgan fingerprint density at radius 1 is 0.885 bits per heavy atom. The largest absolute Gasteiger partial charge is 0.444 e. The molecule has 4 aromatic rings. The molecule has 52 heavy (non-hydrogen) atoms. The summed E-state index contributed by atoms with van der Waals surface area (Å²) in [5, 5.41) is 14.5. The number of benzene rings is 2. The Hall–Kier alpha value is -5.08. The molecule has 0 spiro atoms. The van der Waals surface area contributed by atoms with Gasteiger partial charge in [0.05, 0.1) is 39.7 Å². The van der Waals surface area contributed by atoms with E-state index >= 15 is 0 Å². The molecule has 0 aliphatic heterocycles. The van der Waals surface area contributed by atoms with Gasteiger partial charge in [0, 0.05) is 38.0 Å². The third-order valence-corrected chi connectivity index (χ3v) is 9.81. The Labute approximate surface area is 313 Å². The molecule has 0 radical (unpaired) electrons. The number of ether oxygens (including phenoxy) is 1. The fourth-order valence-electron chi connectivity index (χ4n) is 5.16. The number of carbonyl (C=O) groups is 4. The predicted octanol–water partition coefficient (Wildman–Crippen LogP) is 5.58. The van der Waals surface area contributed by atoms with E-state index in [4.69, 9.17) is 4.74 Å². The first-order valence-electron chi connectivity index (χ1n) is 17.1. The maximum Gasteiger partial charge on any atom is 0.407 e. The van der Waals surface area contributed by atoms with Gasteiger partial charge in [0.25, 0.3) is 0 Å². The molecule has 2 aromatic heterocycles. The molecular formula is C38H47N7O5S2. The number of alkyl carbamates (subject to hydrolysis) is 1. The van der Waals surface area contributed by atoms with E-state index in [-0.39, 0.29) is 37.9 Å². The van der Waals surface area contributed by atoms with Crippen LogP contribution in [0.4, 0.5) is 9.59 Å². The third kappa shape index (κ3) is 13.9. The number of nitrogens with zero attached hydrogens (tertiary/aromatic N) is 3. The number of rotatable bonds is 18. The number of hydrogen-bond acceptors (Lipinski definition) is 9. The van der Waals surface area contributed by atoms with E-state index in [0.29, 0.717) is 12.8 Å². The van der Waals surface area contributed by atoms with E-state index in [1.165, 1.54) is 23.2 Å². The topological polar surface area (TPSA) is 155 Å². The van der Waals surface area contributed by atoms with Crippen molar-refractivity contribution in [3.8, 4) is 0 Å². The number of nitrogens with one attached hydrogen (secondary N) is 4. The van der Waals surface area contributed by atoms with Gasteiger partial charge in [-0.15, -0.1) is 22.7 Å². The Kier molecular flexibility index (Phi) is 15.8. The lowest BCUT2D eigenvalue weighted by atomic mass is 10.0. The monoisotopic (exact) mass is 745 g/mol. The standard InChI is InChI=1S/C38H47N7O5S2/c1-26(2)36-42-32(24-51-36)22-45(4)37(48)44-34(17-18-40-27(3)46)35(47)41-30(19-28-11-7-5-8-12-28)15-16-31(20-29-13-9-6-10-14-29)43-38(49)50-23-33-21-39-25-52-33/h5-16,21,24-26,30-31,34H,17-20,22-23H2,1-4H3,(H,40,46)(H,41,47)(H,43,49)(H,44,48). The van der Waals surface area contributed by atoms with Crippen LogP contribution in [0.1, 0.15) is 59.8 Å². The van der Waals surface area contributed by atoms with Crippen molar-refractivity contribution >= 4 is 46.6 Å². The third-order valence-electron chi connectivity index (χ3n) is 7.86. The molecule has 5 amide bonds. The first-order valence-corrected chi connectivity index (χ1v) is 18.9. The highest BCUT2D eigenvalue weighted by Gasteiger charge is 2.25. The Balaban J connectivity index is 1.50. The SMILES string of the molecule is CC(=O)NCCC(NC(=O)N(C)Cc1csc(C(C)C)n1)C(=O)NC(C=CC(Cc1ccccc1)NC(=O)OCc1cncs1)Cc1ccccc1. The number of aromatic nitrogens is 2. The van der Waals surface area contributed by atoms with Crippen LogP contribution in [-0.2, 0) is 40.3 Å². The van der Waals surface area contributed by atoms with E-state index < -0.39 is 36.2 Å². The number of thiazole rings is 2. The minimum atomic E-state index is -0.949. The summed E-state index contributed by atoms with van der Waals surface area (Å²) in [5.74, 6) is -0.366. The molecule has 3 atom stereocenters. The average molecular weight is 746 g/mol. The summed E-state index contributed by atoms with van der Waals surface area (Å²) in [7, 11) is 1.65. The molecule has 276 valence electrons. The van der Waals surface area contributed by atoms with Crippen LogP contribution in [0.5, 0.6) is 0 Å². The van der Waals surface area contributed by atoms with E-state index in [0.717, 1.165) is 26.7 Å². The summed E-state index contributed by atoms with van der Waals surface area (Å²) in [6.45, 7) is 6.10. The van der Waals surface area contributed by atoms with Gasteiger partial charge in [-0.3, -0.25) is 14.6 Å². The van der Waals surface area contributed by atoms with Crippen molar-refractivity contribution in [2.75, 3.05) is 13.6 Å². The van der Waals surface area contributed by atoms with Crippen molar-refractivity contribution in [3.63, 3.8) is 0 Å². The van der Waals surface area contributed by atoms with Gasteiger partial charge in [-0.1, -0.05) is 86.7 Å². The number of amides is 5. The van der Waals surface area contributed by atoms with Gasteiger partial charge in [0.15, 0.2) is 0 Å². The zero-order chi connectivity index (χ0) is 37.3. The van der Waals surface area contributed by atoms with E-state index in [1.54, 1.807) is 30.1 Å². The molecule has 0 aliphatic rings. The van der Waals surface area contributed by atoms with Crippen molar-refractivity contribution in [1.82, 2.24) is 36.1 Å². The fraction of sp³-hybridized carbons (Fsp3) is 0.368. The lowest BCUT2D eigenvalue weighted by Crippen LogP contribution is -2.53. The normalized spacial score (nSPS) is 12.9. The lowest BCUT2D eigenvalue weighted by Gasteiger charge is -2.25. The van der Waals surface area contributed by atoms with Crippen molar-refractivity contribution in [3.05, 3.63) is 117 Å². The second-order valence-electron chi connectivity index (χ2n) is 12.6. The van der Waals surface area contributed by atoms with Gasteiger partial charge in [0.1, 0.15) is 12.6 Å². The molecule has 0 bridgehead atoms. The zero-order valence-electron chi connectivity index (χ0n) is 29.9. The molecule has 14 heteroatoms. The number of carbonyl (C=O) groups excluding carboxylic acids is 4. The lowest BCUT2D eigenvalue weighted by molar-refractivity contribution is -0.124. The van der Waals surface area contributed by atoms with Gasteiger partial charge < -0.3 is 30.9 Å². The molecule has 4 N–H and O–H groups in total. The fourth-order valence-corrected chi connectivity index (χ4v) is 6.49. The van der Waals surface area contributed by atoms with Crippen molar-refractivity contribution < 1.29 is 23.9 Å². The second kappa shape index (κ2) is 20.7. The number of hydrogen-bond donors (Lipinski definition) is 4. The maximum atomic E-state index is 13.9. The van der Waals surface area contributed by atoms with Crippen LogP contribution in [0, 0.1) is 0 Å². The van der Waals surface area contributed by atoms with Crippen LogP contribution in [0.15, 0.2) is 89.9 Å². The Morgan fingerprint density at radius 3 is 2.08 bits per heavy atom. The highest BCUT2D eigenvalue weighted by Crippen LogP contribution is 2.20. The Morgan fingerprint density at radius 2 is 1.52 bits per heavy atom. The highest BCUT2D eigenvalue weighted by molar-refractivity contribution is 7.09. The van der Waals surface area contributed by atoms with E-state index in [2.05, 4.69) is 45.1 Å². The molecule has 0 aliphatic carbocycles. The summed E-state index contributed by atoms with van der Waals surface area (Å²) in [6.07, 6.45) is 5.89. The molecule has 2 heterocycles. The molecule has 0 saturated carbocycles. The van der Waals surface area contributed by atoms with Crippen LogP contribution in [-0.4, -0.2) is 70.5 Å². The van der Waals surface area contributed by atoms with Crippen molar-refractivity contribution in [2.45, 2.75) is 77.2 Å². The molecule has 4 rings (SSSR count). The molecule has 0 fully saturated rings. The summed E-state index contributed by atoms with van der Waals surface area (Å²) in [6, 6.07) is 17.1. The molecule has 3 unspecified atom stereocenters. The van der Waals surface area contributed by atoms with Gasteiger partial charge in [-0.05, 0) is 30.4 Å². The van der Waals surface area contributed by atoms with Crippen LogP contribution in [0.2, 0.25) is 0 Å². The smallest absolute Gasteiger partial charge is 0.407 e. The van der Waals surface area contributed by atoms with Gasteiger partial charge in [0.2, 0.25) is 11.8 Å².